The summed E-state index contributed by atoms with van der Waals surface area (Å²) in [7, 11) is 0. The van der Waals surface area contributed by atoms with E-state index in [1.165, 1.54) is 18.2 Å². The summed E-state index contributed by atoms with van der Waals surface area (Å²) in [5, 5.41) is 0.227. The zero-order valence-corrected chi connectivity index (χ0v) is 16.8. The van der Waals surface area contributed by atoms with Crippen molar-refractivity contribution in [2.24, 2.45) is 5.92 Å². The Hall–Kier alpha value is -2.37. The predicted octanol–water partition coefficient (Wildman–Crippen LogP) is 5.21. The normalized spacial score (nSPS) is 17.5. The molecule has 4 rings (SSSR count). The van der Waals surface area contributed by atoms with E-state index in [0.29, 0.717) is 30.5 Å². The Kier molecular flexibility index (Phi) is 4.89. The number of hydrogen-bond acceptors (Lipinski definition) is 4. The summed E-state index contributed by atoms with van der Waals surface area (Å²) >= 11 is 6.10. The summed E-state index contributed by atoms with van der Waals surface area (Å²) < 4.78 is 26.0. The molecule has 0 N–H and O–H groups in total. The number of allylic oxidation sites excluding steroid dienone is 1. The Morgan fingerprint density at radius 1 is 1.36 bits per heavy atom. The van der Waals surface area contributed by atoms with E-state index in [1.54, 1.807) is 6.07 Å². The number of carbonyl (C=O) groups is 1. The fourth-order valence-electron chi connectivity index (χ4n) is 3.69. The minimum atomic E-state index is -0.502. The molecule has 0 bridgehead atoms. The molecule has 2 aliphatic rings. The summed E-state index contributed by atoms with van der Waals surface area (Å²) in [5.41, 5.74) is 2.28. The zero-order valence-electron chi connectivity index (χ0n) is 16.0. The Morgan fingerprint density at radius 3 is 2.86 bits per heavy atom. The minimum absolute atomic E-state index is 0.0690. The molecule has 0 aliphatic carbocycles. The number of aryl methyl sites for hydroxylation is 1. The van der Waals surface area contributed by atoms with Crippen LogP contribution in [0, 0.1) is 18.7 Å². The summed E-state index contributed by atoms with van der Waals surface area (Å²) in [6.45, 7) is 8.16. The first-order valence-electron chi connectivity index (χ1n) is 9.25. The van der Waals surface area contributed by atoms with Crippen molar-refractivity contribution in [3.8, 4) is 11.5 Å². The fraction of sp³-hybridized carbons (Fsp3) is 0.318. The van der Waals surface area contributed by atoms with Crippen LogP contribution in [0.2, 0.25) is 5.02 Å². The molecule has 2 heterocycles. The number of rotatable bonds is 3. The van der Waals surface area contributed by atoms with Gasteiger partial charge in [0.05, 0.1) is 16.1 Å². The quantitative estimate of drug-likeness (QED) is 0.661. The molecule has 0 radical (unpaired) electrons. The van der Waals surface area contributed by atoms with Crippen LogP contribution >= 0.6 is 11.6 Å². The second-order valence-electron chi connectivity index (χ2n) is 7.63. The molecule has 2 aliphatic heterocycles. The lowest BCUT2D eigenvalue weighted by molar-refractivity contribution is 0.0831. The molecule has 0 aromatic heterocycles. The maximum Gasteiger partial charge on any atom is 0.232 e. The molecule has 28 heavy (non-hydrogen) atoms. The van der Waals surface area contributed by atoms with Crippen molar-refractivity contribution in [2.75, 3.05) is 13.3 Å². The molecule has 0 amide bonds. The highest BCUT2D eigenvalue weighted by Crippen LogP contribution is 2.44. The predicted molar refractivity (Wildman–Crippen MR) is 106 cm³/mol. The monoisotopic (exact) mass is 401 g/mol. The lowest BCUT2D eigenvalue weighted by Crippen LogP contribution is -2.35. The van der Waals surface area contributed by atoms with Crippen molar-refractivity contribution >= 4 is 23.5 Å². The van der Waals surface area contributed by atoms with Gasteiger partial charge in [-0.05, 0) is 42.7 Å². The first-order valence-corrected chi connectivity index (χ1v) is 9.63. The van der Waals surface area contributed by atoms with Crippen molar-refractivity contribution in [3.63, 3.8) is 0 Å². The van der Waals surface area contributed by atoms with Gasteiger partial charge in [0.1, 0.15) is 24.0 Å². The number of carbonyl (C=O) groups excluding carboxylic acids is 1. The molecule has 2 aromatic carbocycles. The van der Waals surface area contributed by atoms with E-state index in [9.17, 15) is 9.18 Å². The van der Waals surface area contributed by atoms with Crippen molar-refractivity contribution in [1.82, 2.24) is 4.90 Å². The van der Waals surface area contributed by atoms with Crippen molar-refractivity contribution in [1.29, 1.82) is 0 Å². The molecule has 4 nitrogen and oxygen atoms in total. The number of Topliss-reactive ketones (excluding diaryl/α,β-unsaturated/α-hetero) is 1. The van der Waals surface area contributed by atoms with Crippen LogP contribution in [0.15, 0.2) is 30.0 Å². The van der Waals surface area contributed by atoms with E-state index >= 15 is 0 Å². The van der Waals surface area contributed by atoms with E-state index in [0.717, 1.165) is 23.4 Å². The van der Waals surface area contributed by atoms with Crippen LogP contribution in [0.25, 0.3) is 6.08 Å². The Morgan fingerprint density at radius 2 is 2.14 bits per heavy atom. The van der Waals surface area contributed by atoms with Gasteiger partial charge in [-0.2, -0.15) is 0 Å². The second-order valence-corrected chi connectivity index (χ2v) is 8.04. The van der Waals surface area contributed by atoms with Gasteiger partial charge in [-0.1, -0.05) is 31.5 Å². The van der Waals surface area contributed by atoms with Gasteiger partial charge in [0.15, 0.2) is 5.76 Å². The molecule has 0 unspecified atom stereocenters. The van der Waals surface area contributed by atoms with Gasteiger partial charge in [-0.25, -0.2) is 4.39 Å². The number of ether oxygens (including phenoxy) is 2. The van der Waals surface area contributed by atoms with Crippen molar-refractivity contribution in [2.45, 2.75) is 27.3 Å². The summed E-state index contributed by atoms with van der Waals surface area (Å²) in [6, 6.07) is 6.28. The van der Waals surface area contributed by atoms with Crippen LogP contribution in [-0.2, 0) is 6.54 Å². The van der Waals surface area contributed by atoms with Crippen molar-refractivity contribution < 1.29 is 18.7 Å². The topological polar surface area (TPSA) is 38.8 Å². The standard InChI is InChI=1S/C22H21ClFNO3/c1-12(2)9-25-10-15-18(27-11-25)7-13(3)20-21(26)19(28-22(15)20)8-14-16(23)5-4-6-17(14)24/h4-8,12H,9-11H2,1-3H3/b19-8-. The van der Waals surface area contributed by atoms with Gasteiger partial charge in [0, 0.05) is 18.7 Å². The average molecular weight is 402 g/mol. The van der Waals surface area contributed by atoms with Crippen LogP contribution < -0.4 is 9.47 Å². The van der Waals surface area contributed by atoms with E-state index in [-0.39, 0.29) is 22.1 Å². The molecule has 6 heteroatoms. The lowest BCUT2D eigenvalue weighted by Gasteiger charge is -2.31. The highest BCUT2D eigenvalue weighted by molar-refractivity contribution is 6.32. The van der Waals surface area contributed by atoms with Crippen LogP contribution in [-0.4, -0.2) is 24.0 Å². The third-order valence-corrected chi connectivity index (χ3v) is 5.22. The van der Waals surface area contributed by atoms with Gasteiger partial charge in [0.25, 0.3) is 0 Å². The van der Waals surface area contributed by atoms with E-state index in [2.05, 4.69) is 18.7 Å². The molecule has 0 saturated carbocycles. The Bertz CT molecular complexity index is 980. The van der Waals surface area contributed by atoms with E-state index in [4.69, 9.17) is 21.1 Å². The second kappa shape index (κ2) is 7.22. The Labute approximate surface area is 168 Å². The van der Waals surface area contributed by atoms with Crippen LogP contribution in [0.4, 0.5) is 4.39 Å². The number of nitrogens with zero attached hydrogens (tertiary/aromatic N) is 1. The molecular formula is C22H21ClFNO3. The summed E-state index contributed by atoms with van der Waals surface area (Å²) in [4.78, 5) is 15.1. The average Bonchev–Trinajstić information content (AvgIpc) is 2.96. The molecule has 0 spiro atoms. The van der Waals surface area contributed by atoms with E-state index < -0.39 is 5.82 Å². The third kappa shape index (κ3) is 3.29. The van der Waals surface area contributed by atoms with Crippen LogP contribution in [0.1, 0.15) is 40.9 Å². The molecule has 0 saturated heterocycles. The van der Waals surface area contributed by atoms with Gasteiger partial charge in [0.2, 0.25) is 5.78 Å². The lowest BCUT2D eigenvalue weighted by atomic mass is 9.98. The summed E-state index contributed by atoms with van der Waals surface area (Å²) in [6.07, 6.45) is 1.38. The third-order valence-electron chi connectivity index (χ3n) is 4.89. The number of halogens is 2. The Balaban J connectivity index is 1.75. The van der Waals surface area contributed by atoms with Gasteiger partial charge in [-0.15, -0.1) is 0 Å². The first-order chi connectivity index (χ1) is 13.3. The molecule has 146 valence electrons. The highest BCUT2D eigenvalue weighted by atomic mass is 35.5. The van der Waals surface area contributed by atoms with E-state index in [1.807, 2.05) is 13.0 Å². The largest absolute Gasteiger partial charge is 0.478 e. The minimum Gasteiger partial charge on any atom is -0.478 e. The number of hydrogen-bond donors (Lipinski definition) is 0. The molecule has 2 aromatic rings. The molecule has 0 fully saturated rings. The van der Waals surface area contributed by atoms with Gasteiger partial charge in [-0.3, -0.25) is 9.69 Å². The van der Waals surface area contributed by atoms with Crippen LogP contribution in [0.3, 0.4) is 0 Å². The summed E-state index contributed by atoms with van der Waals surface area (Å²) in [5.74, 6) is 1.03. The first kappa shape index (κ1) is 19.0. The number of fused-ring (bicyclic) bond motifs is 3. The van der Waals surface area contributed by atoms with Gasteiger partial charge >= 0.3 is 0 Å². The maximum atomic E-state index is 14.2. The van der Waals surface area contributed by atoms with Crippen molar-refractivity contribution in [3.05, 3.63) is 63.1 Å². The zero-order chi connectivity index (χ0) is 20.0. The van der Waals surface area contributed by atoms with Crippen LogP contribution in [0.5, 0.6) is 11.5 Å². The maximum absolute atomic E-state index is 14.2. The fourth-order valence-corrected chi connectivity index (χ4v) is 3.91. The van der Waals surface area contributed by atoms with Gasteiger partial charge < -0.3 is 9.47 Å². The number of benzene rings is 2. The SMILES string of the molecule is Cc1cc2c(c3c1C(=O)/C(=C/c1c(F)cccc1Cl)O3)CN(CC(C)C)CO2. The highest BCUT2D eigenvalue weighted by Gasteiger charge is 2.35. The molecule has 0 atom stereocenters. The smallest absolute Gasteiger partial charge is 0.232 e. The number of ketones is 1. The molecular weight excluding hydrogens is 381 g/mol.